The second-order valence-electron chi connectivity index (χ2n) is 3.61. The Balaban J connectivity index is 2.61. The third kappa shape index (κ3) is 3.99. The van der Waals surface area contributed by atoms with Gasteiger partial charge in [-0.25, -0.2) is 17.6 Å². The van der Waals surface area contributed by atoms with Crippen LogP contribution in [0.5, 0.6) is 0 Å². The molecule has 0 aliphatic carbocycles. The number of nitrogen functional groups attached to an aromatic ring is 1. The molecule has 1 aromatic carbocycles. The predicted octanol–water partition coefficient (Wildman–Crippen LogP) is 0.999. The van der Waals surface area contributed by atoms with Crippen molar-refractivity contribution in [3.05, 3.63) is 29.6 Å². The first-order valence-corrected chi connectivity index (χ1v) is 7.10. The molecule has 7 heteroatoms. The van der Waals surface area contributed by atoms with Crippen LogP contribution < -0.4 is 5.73 Å². The summed E-state index contributed by atoms with van der Waals surface area (Å²) in [4.78, 5) is 11.5. The fourth-order valence-electron chi connectivity index (χ4n) is 1.18. The minimum Gasteiger partial charge on any atom is -0.461 e. The maximum atomic E-state index is 13.3. The zero-order valence-corrected chi connectivity index (χ0v) is 10.7. The summed E-state index contributed by atoms with van der Waals surface area (Å²) in [5.41, 5.74) is 5.26. The second-order valence-corrected chi connectivity index (χ2v) is 6.08. The average Bonchev–Trinajstić information content (AvgIpc) is 2.28. The molecular formula is C11H14FNO4S. The Bertz CT molecular complexity index is 542. The van der Waals surface area contributed by atoms with Crippen molar-refractivity contribution in [1.82, 2.24) is 0 Å². The Hall–Kier alpha value is -1.63. The van der Waals surface area contributed by atoms with Gasteiger partial charge in [-0.1, -0.05) is 6.92 Å². The number of carbonyl (C=O) groups is 1. The second kappa shape index (κ2) is 5.81. The number of anilines is 1. The molecule has 18 heavy (non-hydrogen) atoms. The van der Waals surface area contributed by atoms with E-state index in [4.69, 9.17) is 5.73 Å². The number of nitrogens with two attached hydrogens (primary N) is 1. The molecule has 0 aliphatic rings. The van der Waals surface area contributed by atoms with Crippen LogP contribution in [0.2, 0.25) is 0 Å². The van der Waals surface area contributed by atoms with E-state index in [1.54, 1.807) is 0 Å². The molecule has 0 fully saturated rings. The van der Waals surface area contributed by atoms with Gasteiger partial charge in [0.2, 0.25) is 0 Å². The molecule has 0 aliphatic heterocycles. The molecule has 0 saturated heterocycles. The summed E-state index contributed by atoms with van der Waals surface area (Å²) in [6.45, 7) is 1.20. The maximum absolute atomic E-state index is 13.3. The van der Waals surface area contributed by atoms with Crippen molar-refractivity contribution in [1.29, 1.82) is 0 Å². The van der Waals surface area contributed by atoms with Crippen LogP contribution in [0.3, 0.4) is 0 Å². The molecule has 0 heterocycles. The van der Waals surface area contributed by atoms with Gasteiger partial charge in [-0.15, -0.1) is 0 Å². The van der Waals surface area contributed by atoms with Crippen LogP contribution in [0.1, 0.15) is 17.3 Å². The SMILES string of the molecule is CCS(=O)(=O)CCOC(=O)c1ccc(N)cc1F. The van der Waals surface area contributed by atoms with Gasteiger partial charge in [0, 0.05) is 11.4 Å². The van der Waals surface area contributed by atoms with E-state index in [9.17, 15) is 17.6 Å². The number of benzene rings is 1. The Morgan fingerprint density at radius 1 is 1.44 bits per heavy atom. The zero-order valence-electron chi connectivity index (χ0n) is 9.85. The first-order chi connectivity index (χ1) is 8.35. The normalized spacial score (nSPS) is 11.2. The van der Waals surface area contributed by atoms with Crippen molar-refractivity contribution in [2.45, 2.75) is 6.92 Å². The Morgan fingerprint density at radius 3 is 2.67 bits per heavy atom. The van der Waals surface area contributed by atoms with Crippen LogP contribution in [-0.4, -0.2) is 32.5 Å². The lowest BCUT2D eigenvalue weighted by Gasteiger charge is -2.06. The molecular weight excluding hydrogens is 261 g/mol. The summed E-state index contributed by atoms with van der Waals surface area (Å²) in [5.74, 6) is -2.00. The van der Waals surface area contributed by atoms with Crippen molar-refractivity contribution in [2.75, 3.05) is 23.8 Å². The highest BCUT2D eigenvalue weighted by atomic mass is 32.2. The van der Waals surface area contributed by atoms with Crippen molar-refractivity contribution in [3.63, 3.8) is 0 Å². The number of esters is 1. The molecule has 1 aromatic rings. The molecule has 0 spiro atoms. The number of hydrogen-bond acceptors (Lipinski definition) is 5. The minimum atomic E-state index is -3.21. The monoisotopic (exact) mass is 275 g/mol. The Kier molecular flexibility index (Phi) is 4.66. The van der Waals surface area contributed by atoms with E-state index in [-0.39, 0.29) is 29.4 Å². The highest BCUT2D eigenvalue weighted by Gasteiger charge is 2.15. The average molecular weight is 275 g/mol. The fraction of sp³-hybridized carbons (Fsp3) is 0.364. The zero-order chi connectivity index (χ0) is 13.8. The van der Waals surface area contributed by atoms with E-state index in [0.717, 1.165) is 6.07 Å². The van der Waals surface area contributed by atoms with Crippen molar-refractivity contribution >= 4 is 21.5 Å². The van der Waals surface area contributed by atoms with Gasteiger partial charge in [-0.05, 0) is 18.2 Å². The molecule has 0 unspecified atom stereocenters. The number of carbonyl (C=O) groups excluding carboxylic acids is 1. The summed E-state index contributed by atoms with van der Waals surface area (Å²) in [5, 5.41) is 0. The Morgan fingerprint density at radius 2 is 2.11 bits per heavy atom. The number of rotatable bonds is 5. The van der Waals surface area contributed by atoms with E-state index in [1.165, 1.54) is 19.1 Å². The number of halogens is 1. The topological polar surface area (TPSA) is 86.5 Å². The van der Waals surface area contributed by atoms with Crippen LogP contribution in [-0.2, 0) is 14.6 Å². The van der Waals surface area contributed by atoms with Gasteiger partial charge in [-0.3, -0.25) is 0 Å². The third-order valence-electron chi connectivity index (χ3n) is 2.28. The van der Waals surface area contributed by atoms with Crippen molar-refractivity contribution < 1.29 is 22.3 Å². The standard InChI is InChI=1S/C11H14FNO4S/c1-2-18(15,16)6-5-17-11(14)9-4-3-8(13)7-10(9)12/h3-4,7H,2,5-6,13H2,1H3. The summed E-state index contributed by atoms with van der Waals surface area (Å²) < 4.78 is 40.3. The summed E-state index contributed by atoms with van der Waals surface area (Å²) in [6.07, 6.45) is 0. The quantitative estimate of drug-likeness (QED) is 0.640. The third-order valence-corrected chi connectivity index (χ3v) is 3.95. The molecule has 2 N–H and O–H groups in total. The van der Waals surface area contributed by atoms with Crippen LogP contribution >= 0.6 is 0 Å². The van der Waals surface area contributed by atoms with E-state index in [2.05, 4.69) is 4.74 Å². The number of hydrogen-bond donors (Lipinski definition) is 1. The molecule has 1 rings (SSSR count). The highest BCUT2D eigenvalue weighted by Crippen LogP contribution is 2.12. The van der Waals surface area contributed by atoms with Gasteiger partial charge >= 0.3 is 5.97 Å². The molecule has 0 saturated carbocycles. The van der Waals surface area contributed by atoms with Crippen molar-refractivity contribution in [3.8, 4) is 0 Å². The van der Waals surface area contributed by atoms with E-state index in [1.807, 2.05) is 0 Å². The van der Waals surface area contributed by atoms with E-state index >= 15 is 0 Å². The smallest absolute Gasteiger partial charge is 0.341 e. The van der Waals surface area contributed by atoms with E-state index < -0.39 is 21.6 Å². The van der Waals surface area contributed by atoms with Gasteiger partial charge in [0.15, 0.2) is 9.84 Å². The number of sulfone groups is 1. The van der Waals surface area contributed by atoms with Crippen molar-refractivity contribution in [2.24, 2.45) is 0 Å². The Labute approximate surface area is 105 Å². The first kappa shape index (κ1) is 14.4. The van der Waals surface area contributed by atoms with Gasteiger partial charge < -0.3 is 10.5 Å². The number of ether oxygens (including phenoxy) is 1. The largest absolute Gasteiger partial charge is 0.461 e. The molecule has 0 bridgehead atoms. The fourth-order valence-corrected chi connectivity index (χ4v) is 1.81. The maximum Gasteiger partial charge on any atom is 0.341 e. The molecule has 5 nitrogen and oxygen atoms in total. The first-order valence-electron chi connectivity index (χ1n) is 5.28. The van der Waals surface area contributed by atoms with Crippen LogP contribution in [0.15, 0.2) is 18.2 Å². The van der Waals surface area contributed by atoms with Crippen LogP contribution in [0, 0.1) is 5.82 Å². The summed E-state index contributed by atoms with van der Waals surface area (Å²) in [7, 11) is -3.21. The summed E-state index contributed by atoms with van der Waals surface area (Å²) >= 11 is 0. The molecule has 0 amide bonds. The van der Waals surface area contributed by atoms with Gasteiger partial charge in [0.1, 0.15) is 12.4 Å². The van der Waals surface area contributed by atoms with Gasteiger partial charge in [0.05, 0.1) is 11.3 Å². The summed E-state index contributed by atoms with van der Waals surface area (Å²) in [6, 6.07) is 3.56. The molecule has 0 radical (unpaired) electrons. The van der Waals surface area contributed by atoms with E-state index in [0.29, 0.717) is 0 Å². The van der Waals surface area contributed by atoms with Crippen LogP contribution in [0.25, 0.3) is 0 Å². The molecule has 100 valence electrons. The van der Waals surface area contributed by atoms with Gasteiger partial charge in [-0.2, -0.15) is 0 Å². The minimum absolute atomic E-state index is 0.0270. The molecule has 0 aromatic heterocycles. The lowest BCUT2D eigenvalue weighted by atomic mass is 10.2. The van der Waals surface area contributed by atoms with Crippen LogP contribution in [0.4, 0.5) is 10.1 Å². The lowest BCUT2D eigenvalue weighted by molar-refractivity contribution is 0.0524. The van der Waals surface area contributed by atoms with Gasteiger partial charge in [0.25, 0.3) is 0 Å². The molecule has 0 atom stereocenters. The highest BCUT2D eigenvalue weighted by molar-refractivity contribution is 7.91. The predicted molar refractivity (Wildman–Crippen MR) is 65.4 cm³/mol. The lowest BCUT2D eigenvalue weighted by Crippen LogP contribution is -2.17.